The van der Waals surface area contributed by atoms with Gasteiger partial charge in [-0.2, -0.15) is 0 Å². The van der Waals surface area contributed by atoms with Gasteiger partial charge in [-0.05, 0) is 57.0 Å². The molecule has 2 rings (SSSR count). The lowest BCUT2D eigenvalue weighted by molar-refractivity contribution is -0.127. The standard InChI is InChI=1S/C17H27N3O/c1-5-17(8-10-18-11-9-17)16(21)19-14-7-6-13(2)15(12-14)20(3)4/h6-7,12,18H,5,8-11H2,1-4H3,(H,19,21). The minimum Gasteiger partial charge on any atom is -0.377 e. The molecule has 0 aromatic heterocycles. The van der Waals surface area contributed by atoms with Crippen LogP contribution in [0.4, 0.5) is 11.4 Å². The first kappa shape index (κ1) is 15.8. The molecule has 1 aliphatic heterocycles. The first-order valence-electron chi connectivity index (χ1n) is 7.79. The van der Waals surface area contributed by atoms with E-state index in [4.69, 9.17) is 0 Å². The lowest BCUT2D eigenvalue weighted by Crippen LogP contribution is -2.44. The van der Waals surface area contributed by atoms with Crippen LogP contribution in [-0.2, 0) is 4.79 Å². The van der Waals surface area contributed by atoms with Gasteiger partial charge in [0.05, 0.1) is 5.41 Å². The number of rotatable bonds is 4. The van der Waals surface area contributed by atoms with Gasteiger partial charge >= 0.3 is 0 Å². The van der Waals surface area contributed by atoms with Crippen LogP contribution in [0.2, 0.25) is 0 Å². The summed E-state index contributed by atoms with van der Waals surface area (Å²) in [4.78, 5) is 14.8. The molecule has 1 amide bonds. The van der Waals surface area contributed by atoms with Gasteiger partial charge in [0.15, 0.2) is 0 Å². The molecule has 1 aromatic rings. The number of nitrogens with zero attached hydrogens (tertiary/aromatic N) is 1. The molecule has 1 saturated heterocycles. The minimum absolute atomic E-state index is 0.167. The van der Waals surface area contributed by atoms with E-state index in [1.807, 2.05) is 20.2 Å². The molecule has 0 bridgehead atoms. The molecule has 0 atom stereocenters. The maximum absolute atomic E-state index is 12.7. The van der Waals surface area contributed by atoms with Crippen LogP contribution < -0.4 is 15.5 Å². The van der Waals surface area contributed by atoms with Gasteiger partial charge in [0.2, 0.25) is 5.91 Å². The van der Waals surface area contributed by atoms with E-state index in [0.717, 1.165) is 43.7 Å². The van der Waals surface area contributed by atoms with Crippen LogP contribution in [0.25, 0.3) is 0 Å². The summed E-state index contributed by atoms with van der Waals surface area (Å²) in [6.07, 6.45) is 2.73. The van der Waals surface area contributed by atoms with Gasteiger partial charge in [-0.1, -0.05) is 13.0 Å². The van der Waals surface area contributed by atoms with Gasteiger partial charge in [-0.25, -0.2) is 0 Å². The van der Waals surface area contributed by atoms with Crippen molar-refractivity contribution < 1.29 is 4.79 Å². The fraction of sp³-hybridized carbons (Fsp3) is 0.588. The van der Waals surface area contributed by atoms with E-state index in [1.54, 1.807) is 0 Å². The second-order valence-corrected chi connectivity index (χ2v) is 6.23. The summed E-state index contributed by atoms with van der Waals surface area (Å²) in [6, 6.07) is 6.11. The molecule has 4 nitrogen and oxygen atoms in total. The van der Waals surface area contributed by atoms with Crippen LogP contribution >= 0.6 is 0 Å². The zero-order valence-corrected chi connectivity index (χ0v) is 13.6. The molecule has 0 saturated carbocycles. The topological polar surface area (TPSA) is 44.4 Å². The Morgan fingerprint density at radius 3 is 2.57 bits per heavy atom. The number of hydrogen-bond donors (Lipinski definition) is 2. The van der Waals surface area contributed by atoms with Gasteiger partial charge in [-0.3, -0.25) is 4.79 Å². The van der Waals surface area contributed by atoms with Crippen LogP contribution in [0.3, 0.4) is 0 Å². The molecule has 0 radical (unpaired) electrons. The van der Waals surface area contributed by atoms with E-state index in [0.29, 0.717) is 0 Å². The highest BCUT2D eigenvalue weighted by molar-refractivity contribution is 5.96. The van der Waals surface area contributed by atoms with E-state index in [-0.39, 0.29) is 11.3 Å². The highest BCUT2D eigenvalue weighted by atomic mass is 16.2. The fourth-order valence-corrected chi connectivity index (χ4v) is 3.08. The predicted octanol–water partition coefficient (Wildman–Crippen LogP) is 2.78. The van der Waals surface area contributed by atoms with Crippen LogP contribution in [0.1, 0.15) is 31.7 Å². The number of aryl methyl sites for hydroxylation is 1. The number of amides is 1. The van der Waals surface area contributed by atoms with Crippen LogP contribution in [0, 0.1) is 12.3 Å². The van der Waals surface area contributed by atoms with Crippen molar-refractivity contribution in [3.63, 3.8) is 0 Å². The Kier molecular flexibility index (Phi) is 4.88. The lowest BCUT2D eigenvalue weighted by Gasteiger charge is -2.35. The zero-order valence-electron chi connectivity index (χ0n) is 13.6. The second kappa shape index (κ2) is 6.48. The predicted molar refractivity (Wildman–Crippen MR) is 89.0 cm³/mol. The van der Waals surface area contributed by atoms with Crippen LogP contribution in [0.5, 0.6) is 0 Å². The van der Waals surface area contributed by atoms with E-state index in [9.17, 15) is 4.79 Å². The summed E-state index contributed by atoms with van der Waals surface area (Å²) < 4.78 is 0. The maximum atomic E-state index is 12.7. The molecule has 0 aliphatic carbocycles. The molecule has 1 fully saturated rings. The molecular formula is C17H27N3O. The third-order valence-electron chi connectivity index (χ3n) is 4.67. The molecule has 2 N–H and O–H groups in total. The number of piperidine rings is 1. The monoisotopic (exact) mass is 289 g/mol. The normalized spacial score (nSPS) is 17.3. The van der Waals surface area contributed by atoms with Crippen molar-refractivity contribution in [2.75, 3.05) is 37.4 Å². The Labute approximate surface area is 127 Å². The van der Waals surface area contributed by atoms with Crippen molar-refractivity contribution in [1.29, 1.82) is 0 Å². The molecule has 1 heterocycles. The number of anilines is 2. The minimum atomic E-state index is -0.214. The largest absolute Gasteiger partial charge is 0.377 e. The Bertz CT molecular complexity index is 505. The van der Waals surface area contributed by atoms with E-state index >= 15 is 0 Å². The Morgan fingerprint density at radius 1 is 1.33 bits per heavy atom. The average Bonchev–Trinajstić information content (AvgIpc) is 2.49. The Balaban J connectivity index is 2.17. The fourth-order valence-electron chi connectivity index (χ4n) is 3.08. The van der Waals surface area contributed by atoms with Gasteiger partial charge in [0.25, 0.3) is 0 Å². The highest BCUT2D eigenvalue weighted by Crippen LogP contribution is 2.34. The molecule has 4 heteroatoms. The molecule has 0 unspecified atom stereocenters. The molecular weight excluding hydrogens is 262 g/mol. The molecule has 116 valence electrons. The number of nitrogens with one attached hydrogen (secondary N) is 2. The summed E-state index contributed by atoms with van der Waals surface area (Å²) in [7, 11) is 4.04. The third-order valence-corrected chi connectivity index (χ3v) is 4.67. The molecule has 1 aliphatic rings. The maximum Gasteiger partial charge on any atom is 0.230 e. The smallest absolute Gasteiger partial charge is 0.230 e. The van der Waals surface area contributed by atoms with Crippen molar-refractivity contribution in [2.45, 2.75) is 33.1 Å². The van der Waals surface area contributed by atoms with Crippen molar-refractivity contribution in [1.82, 2.24) is 5.32 Å². The van der Waals surface area contributed by atoms with Gasteiger partial charge in [0.1, 0.15) is 0 Å². The zero-order chi connectivity index (χ0) is 15.5. The summed E-state index contributed by atoms with van der Waals surface area (Å²) >= 11 is 0. The van der Waals surface area contributed by atoms with Crippen molar-refractivity contribution in [3.8, 4) is 0 Å². The van der Waals surface area contributed by atoms with Crippen LogP contribution in [-0.4, -0.2) is 33.1 Å². The SMILES string of the molecule is CCC1(C(=O)Nc2ccc(C)c(N(C)C)c2)CCNCC1. The highest BCUT2D eigenvalue weighted by Gasteiger charge is 2.37. The average molecular weight is 289 g/mol. The number of carbonyl (C=O) groups is 1. The van der Waals surface area contributed by atoms with Crippen molar-refractivity contribution in [3.05, 3.63) is 23.8 Å². The number of hydrogen-bond acceptors (Lipinski definition) is 3. The number of carbonyl (C=O) groups excluding carboxylic acids is 1. The van der Waals surface area contributed by atoms with Gasteiger partial charge in [-0.15, -0.1) is 0 Å². The van der Waals surface area contributed by atoms with E-state index in [1.165, 1.54) is 5.56 Å². The van der Waals surface area contributed by atoms with Gasteiger partial charge in [0, 0.05) is 25.5 Å². The quantitative estimate of drug-likeness (QED) is 0.896. The molecule has 21 heavy (non-hydrogen) atoms. The first-order chi connectivity index (χ1) is 9.98. The Morgan fingerprint density at radius 2 is 2.00 bits per heavy atom. The van der Waals surface area contributed by atoms with E-state index < -0.39 is 0 Å². The summed E-state index contributed by atoms with van der Waals surface area (Å²) in [6.45, 7) is 6.06. The molecule has 0 spiro atoms. The lowest BCUT2D eigenvalue weighted by atomic mass is 9.76. The van der Waals surface area contributed by atoms with Crippen molar-refractivity contribution in [2.24, 2.45) is 5.41 Å². The number of benzene rings is 1. The summed E-state index contributed by atoms with van der Waals surface area (Å²) in [5.74, 6) is 0.167. The first-order valence-corrected chi connectivity index (χ1v) is 7.79. The second-order valence-electron chi connectivity index (χ2n) is 6.23. The third kappa shape index (κ3) is 3.38. The summed E-state index contributed by atoms with van der Waals surface area (Å²) in [5, 5.41) is 6.47. The van der Waals surface area contributed by atoms with Crippen LogP contribution in [0.15, 0.2) is 18.2 Å². The molecule has 1 aromatic carbocycles. The Hall–Kier alpha value is -1.55. The van der Waals surface area contributed by atoms with Crippen molar-refractivity contribution >= 4 is 17.3 Å². The van der Waals surface area contributed by atoms with E-state index in [2.05, 4.69) is 41.5 Å². The van der Waals surface area contributed by atoms with Gasteiger partial charge < -0.3 is 15.5 Å². The summed E-state index contributed by atoms with van der Waals surface area (Å²) in [5.41, 5.74) is 3.03.